The maximum absolute atomic E-state index is 12.7. The fourth-order valence-electron chi connectivity index (χ4n) is 2.71. The zero-order valence-electron chi connectivity index (χ0n) is 13.5. The minimum absolute atomic E-state index is 0.372. The summed E-state index contributed by atoms with van der Waals surface area (Å²) >= 11 is 6.13. The number of aromatic nitrogens is 2. The van der Waals surface area contributed by atoms with E-state index >= 15 is 0 Å². The quantitative estimate of drug-likeness (QED) is 0.564. The van der Waals surface area contributed by atoms with Gasteiger partial charge in [-0.05, 0) is 39.5 Å². The van der Waals surface area contributed by atoms with E-state index in [4.69, 9.17) is 4.52 Å². The molecule has 0 saturated carbocycles. The van der Waals surface area contributed by atoms with Crippen LogP contribution in [0.25, 0.3) is 11.5 Å². The van der Waals surface area contributed by atoms with E-state index in [1.54, 1.807) is 23.5 Å². The van der Waals surface area contributed by atoms with Gasteiger partial charge in [-0.3, -0.25) is 4.90 Å². The van der Waals surface area contributed by atoms with Gasteiger partial charge < -0.3 is 4.52 Å². The molecule has 0 radical (unpaired) electrons. The van der Waals surface area contributed by atoms with Crippen LogP contribution in [0.1, 0.15) is 5.82 Å². The van der Waals surface area contributed by atoms with Gasteiger partial charge in [0, 0.05) is 31.6 Å². The minimum atomic E-state index is -3.42. The lowest BCUT2D eigenvalue weighted by Crippen LogP contribution is -2.48. The van der Waals surface area contributed by atoms with E-state index in [9.17, 15) is 8.42 Å². The molecule has 1 aliphatic heterocycles. The fraction of sp³-hybridized carbons (Fsp3) is 0.333. The second kappa shape index (κ2) is 7.49. The maximum Gasteiger partial charge on any atom is 0.258 e. The Kier molecular flexibility index (Phi) is 5.26. The average Bonchev–Trinajstić information content (AvgIpc) is 3.36. The third kappa shape index (κ3) is 3.78. The molecular weight excluding hydrogens is 460 g/mol. The van der Waals surface area contributed by atoms with Crippen molar-refractivity contribution in [3.05, 3.63) is 38.6 Å². The first-order chi connectivity index (χ1) is 12.5. The topological polar surface area (TPSA) is 79.5 Å². The summed E-state index contributed by atoms with van der Waals surface area (Å²) in [6.45, 7) is 2.72. The normalized spacial score (nSPS) is 17.0. The number of thiophene rings is 2. The monoisotopic (exact) mass is 474 g/mol. The highest BCUT2D eigenvalue weighted by Crippen LogP contribution is 2.29. The molecule has 0 amide bonds. The lowest BCUT2D eigenvalue weighted by Gasteiger charge is -2.32. The molecule has 4 rings (SSSR count). The SMILES string of the molecule is O=S(=O)(c1ccc(Br)s1)N1CCN(Cc2noc(-c3ccsc3)n2)CC1. The Labute approximate surface area is 167 Å². The molecule has 4 heterocycles. The van der Waals surface area contributed by atoms with Crippen LogP contribution in [0, 0.1) is 0 Å². The van der Waals surface area contributed by atoms with Gasteiger partial charge in [0.05, 0.1) is 15.9 Å². The summed E-state index contributed by atoms with van der Waals surface area (Å²) in [6.07, 6.45) is 0. The van der Waals surface area contributed by atoms with Gasteiger partial charge in [-0.15, -0.1) is 11.3 Å². The predicted octanol–water partition coefficient (Wildman–Crippen LogP) is 3.13. The largest absolute Gasteiger partial charge is 0.334 e. The van der Waals surface area contributed by atoms with E-state index in [-0.39, 0.29) is 0 Å². The van der Waals surface area contributed by atoms with Crippen LogP contribution < -0.4 is 0 Å². The number of nitrogens with zero attached hydrogens (tertiary/aromatic N) is 4. The van der Waals surface area contributed by atoms with E-state index in [1.165, 1.54) is 15.6 Å². The van der Waals surface area contributed by atoms with E-state index in [0.717, 1.165) is 9.35 Å². The van der Waals surface area contributed by atoms with Gasteiger partial charge in [0.15, 0.2) is 5.82 Å². The molecular formula is C15H15BrN4O3S3. The number of halogens is 1. The molecule has 0 unspecified atom stereocenters. The Morgan fingerprint density at radius 3 is 2.65 bits per heavy atom. The first kappa shape index (κ1) is 18.3. The predicted molar refractivity (Wildman–Crippen MR) is 104 cm³/mol. The molecule has 1 fully saturated rings. The Hall–Kier alpha value is -1.11. The molecule has 7 nitrogen and oxygen atoms in total. The Balaban J connectivity index is 1.37. The summed E-state index contributed by atoms with van der Waals surface area (Å²) in [5.74, 6) is 1.13. The van der Waals surface area contributed by atoms with Gasteiger partial charge in [0.1, 0.15) is 4.21 Å². The number of piperazine rings is 1. The maximum atomic E-state index is 12.7. The van der Waals surface area contributed by atoms with Gasteiger partial charge in [-0.25, -0.2) is 8.42 Å². The number of hydrogen-bond acceptors (Lipinski definition) is 8. The highest BCUT2D eigenvalue weighted by Gasteiger charge is 2.30. The van der Waals surface area contributed by atoms with Crippen molar-refractivity contribution in [2.24, 2.45) is 0 Å². The van der Waals surface area contributed by atoms with Crippen molar-refractivity contribution in [3.8, 4) is 11.5 Å². The van der Waals surface area contributed by atoms with Gasteiger partial charge >= 0.3 is 0 Å². The van der Waals surface area contributed by atoms with Crippen LogP contribution in [0.15, 0.2) is 41.5 Å². The second-order valence-corrected chi connectivity index (χ2v) is 11.2. The van der Waals surface area contributed by atoms with Crippen molar-refractivity contribution in [2.45, 2.75) is 10.8 Å². The number of sulfonamides is 1. The zero-order valence-corrected chi connectivity index (χ0v) is 17.6. The van der Waals surface area contributed by atoms with Gasteiger partial charge in [-0.1, -0.05) is 5.16 Å². The summed E-state index contributed by atoms with van der Waals surface area (Å²) in [5.41, 5.74) is 0.923. The zero-order chi connectivity index (χ0) is 18.1. The van der Waals surface area contributed by atoms with Crippen molar-refractivity contribution >= 4 is 48.6 Å². The summed E-state index contributed by atoms with van der Waals surface area (Å²) in [5, 5.41) is 7.95. The van der Waals surface area contributed by atoms with Crippen LogP contribution >= 0.6 is 38.6 Å². The molecule has 0 spiro atoms. The molecule has 0 N–H and O–H groups in total. The molecule has 3 aromatic rings. The van der Waals surface area contributed by atoms with Crippen LogP contribution in [-0.4, -0.2) is 53.9 Å². The highest BCUT2D eigenvalue weighted by atomic mass is 79.9. The summed E-state index contributed by atoms with van der Waals surface area (Å²) in [7, 11) is -3.42. The number of hydrogen-bond donors (Lipinski definition) is 0. The average molecular weight is 475 g/mol. The van der Waals surface area contributed by atoms with Crippen molar-refractivity contribution in [1.29, 1.82) is 0 Å². The fourth-order valence-corrected chi connectivity index (χ4v) is 6.93. The van der Waals surface area contributed by atoms with Crippen molar-refractivity contribution in [1.82, 2.24) is 19.3 Å². The van der Waals surface area contributed by atoms with Crippen molar-refractivity contribution in [2.75, 3.05) is 26.2 Å². The molecule has 3 aromatic heterocycles. The first-order valence-corrected chi connectivity index (χ1v) is 11.8. The van der Waals surface area contributed by atoms with Crippen molar-refractivity contribution < 1.29 is 12.9 Å². The van der Waals surface area contributed by atoms with Crippen LogP contribution in [0.5, 0.6) is 0 Å². The van der Waals surface area contributed by atoms with E-state index in [1.807, 2.05) is 16.8 Å². The van der Waals surface area contributed by atoms with Crippen LogP contribution in [0.4, 0.5) is 0 Å². The molecule has 0 aromatic carbocycles. The van der Waals surface area contributed by atoms with E-state index in [2.05, 4.69) is 31.0 Å². The smallest absolute Gasteiger partial charge is 0.258 e. The molecule has 1 saturated heterocycles. The van der Waals surface area contributed by atoms with Gasteiger partial charge in [0.25, 0.3) is 15.9 Å². The molecule has 0 atom stereocenters. The molecule has 138 valence electrons. The third-order valence-corrected chi connectivity index (χ3v) is 8.75. The summed E-state index contributed by atoms with van der Waals surface area (Å²) in [4.78, 5) is 6.55. The Morgan fingerprint density at radius 2 is 2.00 bits per heavy atom. The van der Waals surface area contributed by atoms with E-state index in [0.29, 0.717) is 48.6 Å². The van der Waals surface area contributed by atoms with Crippen LogP contribution in [0.2, 0.25) is 0 Å². The molecule has 26 heavy (non-hydrogen) atoms. The lowest BCUT2D eigenvalue weighted by atomic mass is 10.3. The molecule has 0 bridgehead atoms. The van der Waals surface area contributed by atoms with Gasteiger partial charge in [-0.2, -0.15) is 20.6 Å². The van der Waals surface area contributed by atoms with Crippen molar-refractivity contribution in [3.63, 3.8) is 0 Å². The second-order valence-electron chi connectivity index (χ2n) is 5.77. The van der Waals surface area contributed by atoms with Crippen LogP contribution in [-0.2, 0) is 16.6 Å². The molecule has 11 heteroatoms. The highest BCUT2D eigenvalue weighted by molar-refractivity contribution is 9.11. The van der Waals surface area contributed by atoms with Gasteiger partial charge in [0.2, 0.25) is 0 Å². The van der Waals surface area contributed by atoms with Crippen LogP contribution in [0.3, 0.4) is 0 Å². The lowest BCUT2D eigenvalue weighted by molar-refractivity contribution is 0.176. The Bertz CT molecular complexity index is 976. The number of rotatable bonds is 5. The van der Waals surface area contributed by atoms with E-state index < -0.39 is 10.0 Å². The first-order valence-electron chi connectivity index (χ1n) is 7.85. The standard InChI is InChI=1S/C15H15BrN4O3S3/c16-12-1-2-14(25-12)26(21,22)20-6-4-19(5-7-20)9-13-17-15(23-18-13)11-3-8-24-10-11/h1-3,8,10H,4-7,9H2. The summed E-state index contributed by atoms with van der Waals surface area (Å²) < 4.78 is 33.3. The molecule has 0 aliphatic carbocycles. The molecule has 1 aliphatic rings. The minimum Gasteiger partial charge on any atom is -0.334 e. The third-order valence-electron chi connectivity index (χ3n) is 4.08. The summed E-state index contributed by atoms with van der Waals surface area (Å²) in [6, 6.07) is 5.34. The Morgan fingerprint density at radius 1 is 1.19 bits per heavy atom.